The van der Waals surface area contributed by atoms with Gasteiger partial charge in [-0.15, -0.1) is 11.3 Å². The highest BCUT2D eigenvalue weighted by molar-refractivity contribution is 7.13. The van der Waals surface area contributed by atoms with Crippen LogP contribution in [-0.2, 0) is 6.42 Å². The maximum atomic E-state index is 12.2. The first kappa shape index (κ1) is 17.9. The molecule has 0 spiro atoms. The summed E-state index contributed by atoms with van der Waals surface area (Å²) in [6, 6.07) is 9.70. The van der Waals surface area contributed by atoms with Crippen LogP contribution in [0.25, 0.3) is 10.6 Å². The Labute approximate surface area is 155 Å². The van der Waals surface area contributed by atoms with Gasteiger partial charge in [0.15, 0.2) is 0 Å². The first-order valence-electron chi connectivity index (χ1n) is 8.20. The Morgan fingerprint density at radius 3 is 2.42 bits per heavy atom. The minimum absolute atomic E-state index is 0.255. The second-order valence-corrected chi connectivity index (χ2v) is 6.68. The van der Waals surface area contributed by atoms with Crippen LogP contribution in [-0.4, -0.2) is 16.8 Å². The SMILES string of the molecule is CCc1ccc(-c2nc(C(=O)NNC(=O)c3cc(C)oc3C)cs2)cc1. The topological polar surface area (TPSA) is 84.2 Å². The number of nitrogens with zero attached hydrogens (tertiary/aromatic N) is 1. The lowest BCUT2D eigenvalue weighted by Gasteiger charge is -2.05. The van der Waals surface area contributed by atoms with Gasteiger partial charge in [0.2, 0.25) is 0 Å². The van der Waals surface area contributed by atoms with E-state index in [1.54, 1.807) is 25.3 Å². The average molecular weight is 369 g/mol. The molecule has 134 valence electrons. The van der Waals surface area contributed by atoms with Crippen molar-refractivity contribution >= 4 is 23.2 Å². The average Bonchev–Trinajstić information content (AvgIpc) is 3.26. The van der Waals surface area contributed by atoms with Gasteiger partial charge in [0.25, 0.3) is 11.8 Å². The van der Waals surface area contributed by atoms with Crippen molar-refractivity contribution in [3.05, 3.63) is 64.1 Å². The zero-order valence-electron chi connectivity index (χ0n) is 14.8. The van der Waals surface area contributed by atoms with Gasteiger partial charge < -0.3 is 4.42 Å². The summed E-state index contributed by atoms with van der Waals surface area (Å²) in [6.07, 6.45) is 0.973. The molecule has 0 saturated carbocycles. The molecule has 0 aliphatic heterocycles. The zero-order chi connectivity index (χ0) is 18.7. The molecule has 26 heavy (non-hydrogen) atoms. The Hall–Kier alpha value is -2.93. The molecule has 0 unspecified atom stereocenters. The Bertz CT molecular complexity index is 941. The van der Waals surface area contributed by atoms with Crippen LogP contribution >= 0.6 is 11.3 Å². The van der Waals surface area contributed by atoms with E-state index in [2.05, 4.69) is 22.8 Å². The van der Waals surface area contributed by atoms with Gasteiger partial charge in [0, 0.05) is 10.9 Å². The van der Waals surface area contributed by atoms with E-state index in [1.165, 1.54) is 16.9 Å². The highest BCUT2D eigenvalue weighted by Gasteiger charge is 2.16. The van der Waals surface area contributed by atoms with Crippen molar-refractivity contribution in [2.75, 3.05) is 0 Å². The Morgan fingerprint density at radius 2 is 1.81 bits per heavy atom. The molecular weight excluding hydrogens is 350 g/mol. The second-order valence-electron chi connectivity index (χ2n) is 5.82. The third-order valence-corrected chi connectivity index (χ3v) is 4.81. The molecule has 0 aliphatic rings. The number of carbonyl (C=O) groups excluding carboxylic acids is 2. The van der Waals surface area contributed by atoms with Crippen molar-refractivity contribution in [1.29, 1.82) is 0 Å². The summed E-state index contributed by atoms with van der Waals surface area (Å²) < 4.78 is 5.31. The molecule has 0 aliphatic carbocycles. The van der Waals surface area contributed by atoms with E-state index in [0.29, 0.717) is 17.1 Å². The number of amides is 2. The first-order valence-corrected chi connectivity index (χ1v) is 9.08. The Balaban J connectivity index is 1.64. The van der Waals surface area contributed by atoms with E-state index in [0.717, 1.165) is 17.0 Å². The molecule has 2 amide bonds. The van der Waals surface area contributed by atoms with Crippen LogP contribution in [0.15, 0.2) is 40.1 Å². The summed E-state index contributed by atoms with van der Waals surface area (Å²) in [6.45, 7) is 5.55. The molecule has 1 aromatic carbocycles. The highest BCUT2D eigenvalue weighted by atomic mass is 32.1. The molecule has 0 saturated heterocycles. The smallest absolute Gasteiger partial charge is 0.289 e. The van der Waals surface area contributed by atoms with Gasteiger partial charge in [-0.2, -0.15) is 0 Å². The number of hydrazine groups is 1. The number of hydrogen-bond acceptors (Lipinski definition) is 5. The minimum Gasteiger partial charge on any atom is -0.466 e. The van der Waals surface area contributed by atoms with Crippen molar-refractivity contribution in [3.63, 3.8) is 0 Å². The van der Waals surface area contributed by atoms with E-state index in [9.17, 15) is 9.59 Å². The van der Waals surface area contributed by atoms with Crippen molar-refractivity contribution in [2.24, 2.45) is 0 Å². The number of benzene rings is 1. The maximum Gasteiger partial charge on any atom is 0.289 e. The lowest BCUT2D eigenvalue weighted by molar-refractivity contribution is 0.0843. The van der Waals surface area contributed by atoms with Crippen LogP contribution in [0.5, 0.6) is 0 Å². The third-order valence-electron chi connectivity index (χ3n) is 3.92. The Kier molecular flexibility index (Phi) is 5.18. The normalized spacial score (nSPS) is 10.6. The summed E-state index contributed by atoms with van der Waals surface area (Å²) in [5, 5.41) is 2.42. The molecule has 3 aromatic rings. The van der Waals surface area contributed by atoms with E-state index in [4.69, 9.17) is 4.42 Å². The summed E-state index contributed by atoms with van der Waals surface area (Å²) in [4.78, 5) is 28.7. The molecule has 0 atom stereocenters. The zero-order valence-corrected chi connectivity index (χ0v) is 15.6. The van der Waals surface area contributed by atoms with Gasteiger partial charge >= 0.3 is 0 Å². The summed E-state index contributed by atoms with van der Waals surface area (Å²) in [7, 11) is 0. The number of furan rings is 1. The Morgan fingerprint density at radius 1 is 1.12 bits per heavy atom. The molecule has 6 nitrogen and oxygen atoms in total. The molecule has 7 heteroatoms. The summed E-state index contributed by atoms with van der Waals surface area (Å²) in [5.74, 6) is 0.236. The molecule has 0 fully saturated rings. The van der Waals surface area contributed by atoms with Crippen LogP contribution < -0.4 is 10.9 Å². The molecule has 0 bridgehead atoms. The van der Waals surface area contributed by atoms with Gasteiger partial charge in [-0.05, 0) is 31.9 Å². The second kappa shape index (κ2) is 7.53. The lowest BCUT2D eigenvalue weighted by Crippen LogP contribution is -2.41. The minimum atomic E-state index is -0.469. The van der Waals surface area contributed by atoms with Crippen molar-refractivity contribution in [3.8, 4) is 10.6 Å². The fourth-order valence-electron chi connectivity index (χ4n) is 2.49. The van der Waals surface area contributed by atoms with Crippen LogP contribution in [0.4, 0.5) is 0 Å². The molecule has 0 radical (unpaired) electrons. The van der Waals surface area contributed by atoms with Gasteiger partial charge in [-0.3, -0.25) is 20.4 Å². The monoisotopic (exact) mass is 369 g/mol. The van der Waals surface area contributed by atoms with Crippen LogP contribution in [0.1, 0.15) is 44.9 Å². The van der Waals surface area contributed by atoms with E-state index >= 15 is 0 Å². The predicted octanol–water partition coefficient (Wildman–Crippen LogP) is 3.66. The lowest BCUT2D eigenvalue weighted by atomic mass is 10.1. The molecule has 3 rings (SSSR count). The van der Waals surface area contributed by atoms with Crippen molar-refractivity contribution in [1.82, 2.24) is 15.8 Å². The quantitative estimate of drug-likeness (QED) is 0.688. The molecular formula is C19H19N3O3S. The van der Waals surface area contributed by atoms with Crippen LogP contribution in [0.2, 0.25) is 0 Å². The van der Waals surface area contributed by atoms with Crippen molar-refractivity contribution in [2.45, 2.75) is 27.2 Å². The highest BCUT2D eigenvalue weighted by Crippen LogP contribution is 2.24. The van der Waals surface area contributed by atoms with E-state index in [1.807, 2.05) is 24.3 Å². The van der Waals surface area contributed by atoms with Crippen LogP contribution in [0, 0.1) is 13.8 Å². The molecule has 2 heterocycles. The largest absolute Gasteiger partial charge is 0.466 e. The van der Waals surface area contributed by atoms with Gasteiger partial charge in [0.1, 0.15) is 22.2 Å². The number of hydrogen-bond donors (Lipinski definition) is 2. The predicted molar refractivity (Wildman–Crippen MR) is 100 cm³/mol. The first-order chi connectivity index (χ1) is 12.5. The number of rotatable bonds is 4. The number of thiazole rings is 1. The summed E-state index contributed by atoms with van der Waals surface area (Å²) in [5.41, 5.74) is 7.61. The van der Waals surface area contributed by atoms with Gasteiger partial charge in [-0.1, -0.05) is 31.2 Å². The van der Waals surface area contributed by atoms with E-state index < -0.39 is 11.8 Å². The fourth-order valence-corrected chi connectivity index (χ4v) is 3.30. The maximum absolute atomic E-state index is 12.2. The number of aromatic nitrogens is 1. The van der Waals surface area contributed by atoms with Gasteiger partial charge in [0.05, 0.1) is 5.56 Å². The number of carbonyl (C=O) groups is 2. The van der Waals surface area contributed by atoms with Gasteiger partial charge in [-0.25, -0.2) is 4.98 Å². The standard InChI is InChI=1S/C19H19N3O3S/c1-4-13-5-7-14(8-6-13)19-20-16(10-26-19)18(24)22-21-17(23)15-9-11(2)25-12(15)3/h5-10H,4H2,1-3H3,(H,21,23)(H,22,24). The summed E-state index contributed by atoms with van der Waals surface area (Å²) >= 11 is 1.38. The van der Waals surface area contributed by atoms with Crippen molar-refractivity contribution < 1.29 is 14.0 Å². The third kappa shape index (κ3) is 3.83. The molecule has 2 aromatic heterocycles. The molecule has 2 N–H and O–H groups in total. The van der Waals surface area contributed by atoms with Crippen LogP contribution in [0.3, 0.4) is 0 Å². The van der Waals surface area contributed by atoms with E-state index in [-0.39, 0.29) is 5.69 Å². The number of aryl methyl sites for hydroxylation is 3. The fraction of sp³-hybridized carbons (Fsp3) is 0.211. The number of nitrogens with one attached hydrogen (secondary N) is 2.